The predicted octanol–water partition coefficient (Wildman–Crippen LogP) is 3.12. The topological polar surface area (TPSA) is 88.2 Å². The molecule has 1 aromatic carbocycles. The number of thiazole rings is 1. The summed E-state index contributed by atoms with van der Waals surface area (Å²) < 4.78 is 27.7. The molecule has 0 aliphatic heterocycles. The summed E-state index contributed by atoms with van der Waals surface area (Å²) in [6, 6.07) is 5.66. The van der Waals surface area contributed by atoms with E-state index >= 15 is 0 Å². The summed E-state index contributed by atoms with van der Waals surface area (Å²) in [7, 11) is -3.26. The standard InChI is InChI=1S/C17H23N3O3S2/c1-11(2)25(22,23)20-13-5-3-12(4-6-13)17(21)19-14-7-8-16-15(9-14)18-10-24-16/h7-13,20H,3-6H2,1-2H3,(H,19,21)/t12-,13-. The number of amides is 1. The molecule has 0 atom stereocenters. The lowest BCUT2D eigenvalue weighted by Crippen LogP contribution is -2.42. The fourth-order valence-electron chi connectivity index (χ4n) is 3.02. The number of fused-ring (bicyclic) bond motifs is 1. The molecule has 1 fully saturated rings. The van der Waals surface area contributed by atoms with Gasteiger partial charge in [-0.25, -0.2) is 18.1 Å². The van der Waals surface area contributed by atoms with E-state index in [2.05, 4.69) is 15.0 Å². The van der Waals surface area contributed by atoms with Crippen molar-refractivity contribution in [3.63, 3.8) is 0 Å². The van der Waals surface area contributed by atoms with Crippen molar-refractivity contribution < 1.29 is 13.2 Å². The summed E-state index contributed by atoms with van der Waals surface area (Å²) in [5, 5.41) is 2.53. The van der Waals surface area contributed by atoms with Crippen molar-refractivity contribution in [2.75, 3.05) is 5.32 Å². The minimum absolute atomic E-state index is 0.000235. The second kappa shape index (κ2) is 7.39. The molecule has 0 saturated heterocycles. The van der Waals surface area contributed by atoms with Crippen molar-refractivity contribution in [1.82, 2.24) is 9.71 Å². The van der Waals surface area contributed by atoms with Crippen LogP contribution in [0.4, 0.5) is 5.69 Å². The first kappa shape index (κ1) is 18.3. The van der Waals surface area contributed by atoms with Crippen molar-refractivity contribution in [2.24, 2.45) is 5.92 Å². The number of anilines is 1. The van der Waals surface area contributed by atoms with Crippen molar-refractivity contribution in [3.05, 3.63) is 23.7 Å². The van der Waals surface area contributed by atoms with Gasteiger partial charge in [0.2, 0.25) is 15.9 Å². The number of rotatable bonds is 5. The average Bonchev–Trinajstić information content (AvgIpc) is 3.02. The highest BCUT2D eigenvalue weighted by Crippen LogP contribution is 2.27. The number of benzene rings is 1. The Kier molecular flexibility index (Phi) is 5.41. The number of nitrogens with one attached hydrogen (secondary N) is 2. The van der Waals surface area contributed by atoms with Crippen LogP contribution >= 0.6 is 11.3 Å². The first-order chi connectivity index (χ1) is 11.8. The molecule has 25 heavy (non-hydrogen) atoms. The molecule has 0 spiro atoms. The van der Waals surface area contributed by atoms with Gasteiger partial charge in [0.05, 0.1) is 21.0 Å². The zero-order valence-corrected chi connectivity index (χ0v) is 16.0. The molecular weight excluding hydrogens is 358 g/mol. The van der Waals surface area contributed by atoms with E-state index < -0.39 is 15.3 Å². The number of hydrogen-bond acceptors (Lipinski definition) is 5. The zero-order valence-electron chi connectivity index (χ0n) is 14.4. The fraction of sp³-hybridized carbons (Fsp3) is 0.529. The molecule has 136 valence electrons. The van der Waals surface area contributed by atoms with Crippen LogP contribution in [0.2, 0.25) is 0 Å². The van der Waals surface area contributed by atoms with Gasteiger partial charge in [-0.2, -0.15) is 0 Å². The SMILES string of the molecule is CC(C)S(=O)(=O)N[C@H]1CC[C@H](C(=O)Nc2ccc3scnc3c2)CC1. The van der Waals surface area contributed by atoms with Gasteiger partial charge in [0, 0.05) is 17.6 Å². The molecule has 2 aromatic rings. The Morgan fingerprint density at radius 1 is 1.24 bits per heavy atom. The Morgan fingerprint density at radius 2 is 1.96 bits per heavy atom. The quantitative estimate of drug-likeness (QED) is 0.833. The largest absolute Gasteiger partial charge is 0.326 e. The van der Waals surface area contributed by atoms with Crippen molar-refractivity contribution in [3.8, 4) is 0 Å². The monoisotopic (exact) mass is 381 g/mol. The average molecular weight is 382 g/mol. The minimum atomic E-state index is -3.26. The lowest BCUT2D eigenvalue weighted by molar-refractivity contribution is -0.120. The first-order valence-electron chi connectivity index (χ1n) is 8.50. The third kappa shape index (κ3) is 4.37. The molecule has 2 N–H and O–H groups in total. The molecule has 8 heteroatoms. The Hall–Kier alpha value is -1.51. The van der Waals surface area contributed by atoms with Gasteiger partial charge < -0.3 is 5.32 Å². The molecule has 1 saturated carbocycles. The van der Waals surface area contributed by atoms with Gasteiger partial charge >= 0.3 is 0 Å². The number of nitrogens with zero attached hydrogens (tertiary/aromatic N) is 1. The van der Waals surface area contributed by atoms with E-state index in [9.17, 15) is 13.2 Å². The molecular formula is C17H23N3O3S2. The highest BCUT2D eigenvalue weighted by Gasteiger charge is 2.29. The molecule has 1 amide bonds. The maximum atomic E-state index is 12.5. The lowest BCUT2D eigenvalue weighted by atomic mass is 9.86. The molecule has 1 aliphatic rings. The Bertz CT molecular complexity index is 853. The van der Waals surface area contributed by atoms with Gasteiger partial charge in [-0.15, -0.1) is 11.3 Å². The summed E-state index contributed by atoms with van der Waals surface area (Å²) in [6.45, 7) is 3.33. The van der Waals surface area contributed by atoms with E-state index in [1.54, 1.807) is 30.7 Å². The second-order valence-electron chi connectivity index (χ2n) is 6.78. The minimum Gasteiger partial charge on any atom is -0.326 e. The van der Waals surface area contributed by atoms with Crippen LogP contribution in [-0.2, 0) is 14.8 Å². The van der Waals surface area contributed by atoms with Crippen LogP contribution in [-0.4, -0.2) is 30.6 Å². The number of carbonyl (C=O) groups is 1. The normalized spacial score (nSPS) is 21.6. The van der Waals surface area contributed by atoms with Crippen LogP contribution in [0.5, 0.6) is 0 Å². The number of aromatic nitrogens is 1. The highest BCUT2D eigenvalue weighted by molar-refractivity contribution is 7.90. The van der Waals surface area contributed by atoms with Gasteiger partial charge in [0.25, 0.3) is 0 Å². The molecule has 6 nitrogen and oxygen atoms in total. The van der Waals surface area contributed by atoms with Crippen molar-refractivity contribution in [2.45, 2.75) is 50.8 Å². The van der Waals surface area contributed by atoms with Crippen LogP contribution in [0, 0.1) is 5.92 Å². The second-order valence-corrected chi connectivity index (χ2v) is 9.94. The van der Waals surface area contributed by atoms with Gasteiger partial charge in [-0.05, 0) is 57.7 Å². The third-order valence-electron chi connectivity index (χ3n) is 4.65. The van der Waals surface area contributed by atoms with Crippen LogP contribution in [0.3, 0.4) is 0 Å². The van der Waals surface area contributed by atoms with E-state index in [1.807, 2.05) is 18.2 Å². The van der Waals surface area contributed by atoms with E-state index in [4.69, 9.17) is 0 Å². The number of carbonyl (C=O) groups excluding carboxylic acids is 1. The predicted molar refractivity (Wildman–Crippen MR) is 101 cm³/mol. The molecule has 0 unspecified atom stereocenters. The first-order valence-corrected chi connectivity index (χ1v) is 10.9. The van der Waals surface area contributed by atoms with E-state index in [1.165, 1.54) is 0 Å². The van der Waals surface area contributed by atoms with Gasteiger partial charge in [-0.3, -0.25) is 4.79 Å². The van der Waals surface area contributed by atoms with Crippen molar-refractivity contribution in [1.29, 1.82) is 0 Å². The van der Waals surface area contributed by atoms with Crippen LogP contribution in [0.15, 0.2) is 23.7 Å². The molecule has 3 rings (SSSR count). The van der Waals surface area contributed by atoms with Gasteiger partial charge in [0.1, 0.15) is 0 Å². The van der Waals surface area contributed by atoms with Gasteiger partial charge in [0.15, 0.2) is 0 Å². The summed E-state index contributed by atoms with van der Waals surface area (Å²) in [5.41, 5.74) is 3.43. The third-order valence-corrected chi connectivity index (χ3v) is 7.36. The van der Waals surface area contributed by atoms with E-state index in [0.29, 0.717) is 25.7 Å². The highest BCUT2D eigenvalue weighted by atomic mass is 32.2. The maximum Gasteiger partial charge on any atom is 0.227 e. The smallest absolute Gasteiger partial charge is 0.227 e. The Labute approximate surface area is 152 Å². The van der Waals surface area contributed by atoms with E-state index in [-0.39, 0.29) is 17.9 Å². The van der Waals surface area contributed by atoms with Gasteiger partial charge in [-0.1, -0.05) is 0 Å². The van der Waals surface area contributed by atoms with Crippen LogP contribution in [0.1, 0.15) is 39.5 Å². The van der Waals surface area contributed by atoms with Crippen LogP contribution in [0.25, 0.3) is 10.2 Å². The van der Waals surface area contributed by atoms with Crippen molar-refractivity contribution >= 4 is 43.2 Å². The molecule has 0 radical (unpaired) electrons. The summed E-state index contributed by atoms with van der Waals surface area (Å²) in [4.78, 5) is 16.7. The number of sulfonamides is 1. The number of hydrogen-bond donors (Lipinski definition) is 2. The maximum absolute atomic E-state index is 12.5. The van der Waals surface area contributed by atoms with Crippen LogP contribution < -0.4 is 10.0 Å². The summed E-state index contributed by atoms with van der Waals surface area (Å²) in [5.74, 6) is -0.0781. The molecule has 1 aromatic heterocycles. The van der Waals surface area contributed by atoms with E-state index in [0.717, 1.165) is 15.9 Å². The molecule has 1 heterocycles. The Balaban J connectivity index is 1.54. The zero-order chi connectivity index (χ0) is 18.0. The summed E-state index contributed by atoms with van der Waals surface area (Å²) in [6.07, 6.45) is 2.76. The molecule has 0 bridgehead atoms. The lowest BCUT2D eigenvalue weighted by Gasteiger charge is -2.28. The Morgan fingerprint density at radius 3 is 2.64 bits per heavy atom. The fourth-order valence-corrected chi connectivity index (χ4v) is 4.65. The summed E-state index contributed by atoms with van der Waals surface area (Å²) >= 11 is 1.57. The molecule has 1 aliphatic carbocycles.